The molecule has 1 aliphatic carbocycles. The summed E-state index contributed by atoms with van der Waals surface area (Å²) in [5, 5.41) is 4.57. The van der Waals surface area contributed by atoms with Gasteiger partial charge in [-0.2, -0.15) is 4.98 Å². The molecule has 3 rings (SSSR count). The molecule has 0 amide bonds. The third-order valence-corrected chi connectivity index (χ3v) is 3.65. The van der Waals surface area contributed by atoms with E-state index in [4.69, 9.17) is 21.1 Å². The van der Waals surface area contributed by atoms with Crippen LogP contribution in [0, 0.1) is 0 Å². The Morgan fingerprint density at radius 2 is 2.40 bits per heavy atom. The second-order valence-electron chi connectivity index (χ2n) is 4.61. The Balaban J connectivity index is 1.82. The summed E-state index contributed by atoms with van der Waals surface area (Å²) in [6.07, 6.45) is 2.78. The van der Waals surface area contributed by atoms with Crippen molar-refractivity contribution in [2.45, 2.75) is 25.1 Å². The molecule has 2 aliphatic rings. The average molecular weight is 365 g/mol. The van der Waals surface area contributed by atoms with Crippen LogP contribution < -0.4 is 4.74 Å². The molecule has 1 aliphatic heterocycles. The first-order chi connectivity index (χ1) is 9.61. The first-order valence-corrected chi connectivity index (χ1v) is 7.38. The highest BCUT2D eigenvalue weighted by molar-refractivity contribution is 9.10. The maximum absolute atomic E-state index is 13.4. The minimum absolute atomic E-state index is 0.0835. The Hall–Kier alpha value is -0.920. The lowest BCUT2D eigenvalue weighted by atomic mass is 10.1. The molecule has 0 spiro atoms. The van der Waals surface area contributed by atoms with Crippen LogP contribution in [0.5, 0.6) is 6.01 Å². The number of nitrogens with zero attached hydrogens (tertiary/aromatic N) is 3. The van der Waals surface area contributed by atoms with Crippen molar-refractivity contribution in [2.75, 3.05) is 13.2 Å². The monoisotopic (exact) mass is 363 g/mol. The van der Waals surface area contributed by atoms with Crippen LogP contribution in [0.1, 0.15) is 18.9 Å². The standard InChI is InChI=1S/C12H12BrClFN3O2/c13-11-16-12(18(17-11)9-1-2-19-6-9)20-10-4-7(14)3-8(15)5-10/h3-4,8-9H,1-2,5-6H2. The van der Waals surface area contributed by atoms with Crippen molar-refractivity contribution in [3.05, 3.63) is 27.7 Å². The van der Waals surface area contributed by atoms with Gasteiger partial charge < -0.3 is 9.47 Å². The lowest BCUT2D eigenvalue weighted by Gasteiger charge is -2.16. The summed E-state index contributed by atoms with van der Waals surface area (Å²) < 4.78 is 26.5. The van der Waals surface area contributed by atoms with E-state index in [2.05, 4.69) is 26.0 Å². The van der Waals surface area contributed by atoms with Crippen molar-refractivity contribution in [3.8, 4) is 6.01 Å². The van der Waals surface area contributed by atoms with Crippen molar-refractivity contribution < 1.29 is 13.9 Å². The van der Waals surface area contributed by atoms with E-state index in [1.807, 2.05) is 0 Å². The van der Waals surface area contributed by atoms with Crippen molar-refractivity contribution in [2.24, 2.45) is 0 Å². The molecule has 2 unspecified atom stereocenters. The van der Waals surface area contributed by atoms with Crippen LogP contribution in [0.25, 0.3) is 0 Å². The average Bonchev–Trinajstić information content (AvgIpc) is 2.97. The number of hydrogen-bond donors (Lipinski definition) is 0. The van der Waals surface area contributed by atoms with E-state index in [0.29, 0.717) is 34.7 Å². The Bertz CT molecular complexity index is 569. The first kappa shape index (κ1) is 14.0. The number of alkyl halides is 1. The van der Waals surface area contributed by atoms with Crippen molar-refractivity contribution >= 4 is 27.5 Å². The van der Waals surface area contributed by atoms with Gasteiger partial charge in [0.2, 0.25) is 4.73 Å². The van der Waals surface area contributed by atoms with Crippen molar-refractivity contribution in [1.29, 1.82) is 0 Å². The second-order valence-corrected chi connectivity index (χ2v) is 5.76. The van der Waals surface area contributed by atoms with Gasteiger partial charge in [0.1, 0.15) is 11.9 Å². The molecule has 0 radical (unpaired) electrons. The second kappa shape index (κ2) is 5.83. The molecule has 0 aromatic carbocycles. The van der Waals surface area contributed by atoms with Crippen LogP contribution in [0.4, 0.5) is 4.39 Å². The summed E-state index contributed by atoms with van der Waals surface area (Å²) in [4.78, 5) is 4.16. The Kier molecular flexibility index (Phi) is 4.09. The van der Waals surface area contributed by atoms with Gasteiger partial charge >= 0.3 is 6.01 Å². The van der Waals surface area contributed by atoms with Gasteiger partial charge in [-0.05, 0) is 34.5 Å². The predicted octanol–water partition coefficient (Wildman–Crippen LogP) is 3.13. The van der Waals surface area contributed by atoms with Gasteiger partial charge in [0, 0.05) is 18.1 Å². The van der Waals surface area contributed by atoms with E-state index in [9.17, 15) is 4.39 Å². The van der Waals surface area contributed by atoms with Crippen LogP contribution >= 0.6 is 27.5 Å². The fourth-order valence-electron chi connectivity index (χ4n) is 2.18. The van der Waals surface area contributed by atoms with Gasteiger partial charge in [0.05, 0.1) is 12.6 Å². The minimum atomic E-state index is -1.14. The Morgan fingerprint density at radius 3 is 3.10 bits per heavy atom. The van der Waals surface area contributed by atoms with E-state index in [1.165, 1.54) is 6.08 Å². The van der Waals surface area contributed by atoms with Crippen LogP contribution in [0.2, 0.25) is 0 Å². The summed E-state index contributed by atoms with van der Waals surface area (Å²) in [6.45, 7) is 1.25. The number of rotatable bonds is 3. The fraction of sp³-hybridized carbons (Fsp3) is 0.500. The highest BCUT2D eigenvalue weighted by Crippen LogP contribution is 2.29. The summed E-state index contributed by atoms with van der Waals surface area (Å²) in [5.74, 6) is 0.435. The SMILES string of the molecule is FC1C=C(Cl)C=C(Oc2nc(Br)nn2C2CCOC2)C1. The molecule has 1 fully saturated rings. The lowest BCUT2D eigenvalue weighted by Crippen LogP contribution is -2.15. The summed E-state index contributed by atoms with van der Waals surface area (Å²) >= 11 is 9.06. The van der Waals surface area contributed by atoms with Gasteiger partial charge in [-0.15, -0.1) is 5.10 Å². The van der Waals surface area contributed by atoms with Crippen molar-refractivity contribution in [3.63, 3.8) is 0 Å². The van der Waals surface area contributed by atoms with E-state index < -0.39 is 6.17 Å². The Morgan fingerprint density at radius 1 is 1.55 bits per heavy atom. The molecule has 1 saturated heterocycles. The molecule has 0 N–H and O–H groups in total. The molecule has 2 atom stereocenters. The van der Waals surface area contributed by atoms with E-state index in [-0.39, 0.29) is 12.5 Å². The quantitative estimate of drug-likeness (QED) is 0.827. The first-order valence-electron chi connectivity index (χ1n) is 6.21. The van der Waals surface area contributed by atoms with Gasteiger partial charge in [-0.25, -0.2) is 9.07 Å². The highest BCUT2D eigenvalue weighted by atomic mass is 79.9. The van der Waals surface area contributed by atoms with E-state index >= 15 is 0 Å². The number of hydrogen-bond acceptors (Lipinski definition) is 4. The summed E-state index contributed by atoms with van der Waals surface area (Å²) in [6, 6.07) is 0.400. The minimum Gasteiger partial charge on any atom is -0.429 e. The normalized spacial score (nSPS) is 26.4. The zero-order valence-corrected chi connectivity index (χ0v) is 12.8. The van der Waals surface area contributed by atoms with Crippen LogP contribution in [-0.2, 0) is 4.74 Å². The number of allylic oxidation sites excluding steroid dienone is 4. The molecule has 0 bridgehead atoms. The van der Waals surface area contributed by atoms with Gasteiger partial charge in [0.15, 0.2) is 0 Å². The van der Waals surface area contributed by atoms with Crippen LogP contribution in [0.15, 0.2) is 27.7 Å². The molecule has 108 valence electrons. The molecular formula is C12H12BrClFN3O2. The largest absolute Gasteiger partial charge is 0.429 e. The third kappa shape index (κ3) is 3.05. The number of ether oxygens (including phenoxy) is 2. The Labute approximate surface area is 128 Å². The maximum Gasteiger partial charge on any atom is 0.321 e. The topological polar surface area (TPSA) is 49.2 Å². The van der Waals surface area contributed by atoms with Gasteiger partial charge in [-0.3, -0.25) is 0 Å². The molecule has 1 aromatic rings. The molecule has 2 heterocycles. The molecule has 0 saturated carbocycles. The molecule has 8 heteroatoms. The molecule has 20 heavy (non-hydrogen) atoms. The number of aromatic nitrogens is 3. The van der Waals surface area contributed by atoms with E-state index in [0.717, 1.165) is 6.42 Å². The predicted molar refractivity (Wildman–Crippen MR) is 74.4 cm³/mol. The number of halogens is 3. The molecule has 1 aromatic heterocycles. The molecular weight excluding hydrogens is 353 g/mol. The van der Waals surface area contributed by atoms with E-state index in [1.54, 1.807) is 10.8 Å². The maximum atomic E-state index is 13.4. The third-order valence-electron chi connectivity index (χ3n) is 3.08. The fourth-order valence-corrected chi connectivity index (χ4v) is 2.76. The van der Waals surface area contributed by atoms with Crippen molar-refractivity contribution in [1.82, 2.24) is 14.8 Å². The van der Waals surface area contributed by atoms with Crippen LogP contribution in [0.3, 0.4) is 0 Å². The molecule has 5 nitrogen and oxygen atoms in total. The lowest BCUT2D eigenvalue weighted by molar-refractivity contribution is 0.181. The van der Waals surface area contributed by atoms with Gasteiger partial charge in [-0.1, -0.05) is 11.6 Å². The summed E-state index contributed by atoms with van der Waals surface area (Å²) in [5.41, 5.74) is 0. The zero-order valence-electron chi connectivity index (χ0n) is 10.4. The summed E-state index contributed by atoms with van der Waals surface area (Å²) in [7, 11) is 0. The zero-order chi connectivity index (χ0) is 14.1. The smallest absolute Gasteiger partial charge is 0.321 e. The van der Waals surface area contributed by atoms with Gasteiger partial charge in [0.25, 0.3) is 0 Å². The van der Waals surface area contributed by atoms with Crippen LogP contribution in [-0.4, -0.2) is 34.1 Å². The highest BCUT2D eigenvalue weighted by Gasteiger charge is 2.25.